The van der Waals surface area contributed by atoms with E-state index in [0.29, 0.717) is 5.92 Å². The van der Waals surface area contributed by atoms with Gasteiger partial charge in [-0.05, 0) is 42.0 Å². The topological polar surface area (TPSA) is 43.4 Å². The molecule has 0 spiro atoms. The van der Waals surface area contributed by atoms with Gasteiger partial charge in [0.25, 0.3) is 10.1 Å². The summed E-state index contributed by atoms with van der Waals surface area (Å²) < 4.78 is 31.7. The van der Waals surface area contributed by atoms with Crippen LogP contribution in [0.2, 0.25) is 0 Å². The molecular weight excluding hydrogens is 488 g/mol. The molecule has 0 heterocycles. The lowest BCUT2D eigenvalue weighted by Crippen LogP contribution is -2.14. The highest BCUT2D eigenvalue weighted by molar-refractivity contribution is 7.86. The van der Waals surface area contributed by atoms with Crippen molar-refractivity contribution in [1.82, 2.24) is 0 Å². The van der Waals surface area contributed by atoms with Gasteiger partial charge in [-0.3, -0.25) is 4.18 Å². The van der Waals surface area contributed by atoms with E-state index >= 15 is 0 Å². The number of hydrogen-bond acceptors (Lipinski definition) is 3. The Morgan fingerprint density at radius 3 is 1.66 bits per heavy atom. The lowest BCUT2D eigenvalue weighted by molar-refractivity contribution is 0.282. The Labute approximate surface area is 234 Å². The third-order valence-electron chi connectivity index (χ3n) is 7.83. The molecule has 2 atom stereocenters. The van der Waals surface area contributed by atoms with Crippen molar-refractivity contribution in [2.45, 2.75) is 140 Å². The molecule has 2 unspecified atom stereocenters. The first-order valence-electron chi connectivity index (χ1n) is 15.5. The molecule has 0 saturated heterocycles. The van der Waals surface area contributed by atoms with E-state index in [0.717, 1.165) is 24.8 Å². The van der Waals surface area contributed by atoms with Crippen molar-refractivity contribution in [3.8, 4) is 0 Å². The minimum absolute atomic E-state index is 0.0860. The second-order valence-electron chi connectivity index (χ2n) is 11.1. The van der Waals surface area contributed by atoms with Crippen LogP contribution >= 0.6 is 0 Å². The molecule has 214 valence electrons. The van der Waals surface area contributed by atoms with Gasteiger partial charge in [0.2, 0.25) is 0 Å². The van der Waals surface area contributed by atoms with Crippen molar-refractivity contribution >= 4 is 10.1 Å². The van der Waals surface area contributed by atoms with Gasteiger partial charge in [0.15, 0.2) is 0 Å². The van der Waals surface area contributed by atoms with E-state index < -0.39 is 10.1 Å². The molecule has 0 saturated carbocycles. The summed E-state index contributed by atoms with van der Waals surface area (Å²) in [5.74, 6) is 0.524. The minimum atomic E-state index is -3.78. The standard InChI is InChI=1S/C34H54O3S/c1-4-6-8-10-12-14-17-21-30(3)31-25-27-34(28-26-31)38(35,36)37-29-33(32-22-19-16-20-23-32)24-18-15-13-11-9-7-5-2/h16,19-20,22-23,25-28,30,33H,4-15,17-18,21,24,29H2,1-3H3. The molecule has 38 heavy (non-hydrogen) atoms. The van der Waals surface area contributed by atoms with Crippen molar-refractivity contribution in [3.63, 3.8) is 0 Å². The van der Waals surface area contributed by atoms with E-state index in [1.807, 2.05) is 30.3 Å². The third kappa shape index (κ3) is 12.9. The molecule has 0 amide bonds. The monoisotopic (exact) mass is 542 g/mol. The van der Waals surface area contributed by atoms with Crippen molar-refractivity contribution in [2.24, 2.45) is 0 Å². The van der Waals surface area contributed by atoms with Gasteiger partial charge < -0.3 is 0 Å². The van der Waals surface area contributed by atoms with Crippen molar-refractivity contribution < 1.29 is 12.6 Å². The molecule has 0 aliphatic heterocycles. The van der Waals surface area contributed by atoms with Crippen molar-refractivity contribution in [1.29, 1.82) is 0 Å². The normalized spacial score (nSPS) is 13.4. The van der Waals surface area contributed by atoms with Gasteiger partial charge in [0.05, 0.1) is 11.5 Å². The largest absolute Gasteiger partial charge is 0.296 e. The highest BCUT2D eigenvalue weighted by atomic mass is 32.2. The van der Waals surface area contributed by atoms with Crippen LogP contribution in [0.15, 0.2) is 59.5 Å². The predicted octanol–water partition coefficient (Wildman–Crippen LogP) is 10.6. The summed E-state index contributed by atoms with van der Waals surface area (Å²) in [5.41, 5.74) is 2.36. The maximum absolute atomic E-state index is 13.0. The lowest BCUT2D eigenvalue weighted by Gasteiger charge is -2.18. The first-order valence-corrected chi connectivity index (χ1v) is 16.9. The Kier molecular flexibility index (Phi) is 16.6. The molecule has 0 aliphatic carbocycles. The van der Waals surface area contributed by atoms with E-state index in [4.69, 9.17) is 4.18 Å². The Morgan fingerprint density at radius 2 is 1.11 bits per heavy atom. The summed E-state index contributed by atoms with van der Waals surface area (Å²) in [6, 6.07) is 17.6. The minimum Gasteiger partial charge on any atom is -0.266 e. The number of benzene rings is 2. The van der Waals surface area contributed by atoms with Gasteiger partial charge in [-0.15, -0.1) is 0 Å². The molecule has 2 aromatic rings. The second-order valence-corrected chi connectivity index (χ2v) is 12.8. The molecule has 0 fully saturated rings. The van der Waals surface area contributed by atoms with Crippen molar-refractivity contribution in [2.75, 3.05) is 6.61 Å². The fourth-order valence-electron chi connectivity index (χ4n) is 5.20. The molecule has 0 aromatic heterocycles. The molecule has 3 nitrogen and oxygen atoms in total. The zero-order valence-corrected chi connectivity index (χ0v) is 25.3. The van der Waals surface area contributed by atoms with Crippen LogP contribution in [0.3, 0.4) is 0 Å². The van der Waals surface area contributed by atoms with Crippen LogP contribution in [0.1, 0.15) is 146 Å². The van der Waals surface area contributed by atoms with E-state index in [1.165, 1.54) is 89.0 Å². The smallest absolute Gasteiger partial charge is 0.266 e. The SMILES string of the molecule is CCCCCCCCCC(C)c1ccc(S(=O)(=O)OCC(CCCCCCCCC)c2ccccc2)cc1. The van der Waals surface area contributed by atoms with Crippen molar-refractivity contribution in [3.05, 3.63) is 65.7 Å². The maximum Gasteiger partial charge on any atom is 0.296 e. The van der Waals surface area contributed by atoms with Crippen LogP contribution in [0, 0.1) is 0 Å². The summed E-state index contributed by atoms with van der Waals surface area (Å²) >= 11 is 0. The molecule has 0 bridgehead atoms. The average molecular weight is 543 g/mol. The van der Waals surface area contributed by atoms with Gasteiger partial charge in [-0.1, -0.05) is 153 Å². The Bertz CT molecular complexity index is 937. The van der Waals surface area contributed by atoms with Crippen LogP contribution in [-0.4, -0.2) is 15.0 Å². The fraction of sp³-hybridized carbons (Fsp3) is 0.647. The summed E-state index contributed by atoms with van der Waals surface area (Å²) in [5, 5.41) is 0. The molecular formula is C34H54O3S. The Balaban J connectivity index is 1.84. The van der Waals surface area contributed by atoms with Crippen LogP contribution in [0.5, 0.6) is 0 Å². The maximum atomic E-state index is 13.0. The van der Waals surface area contributed by atoms with E-state index in [2.05, 4.69) is 32.9 Å². The zero-order chi connectivity index (χ0) is 27.5. The summed E-state index contributed by atoms with van der Waals surface area (Å²) in [7, 11) is -3.78. The molecule has 0 radical (unpaired) electrons. The van der Waals surface area contributed by atoms with Crippen LogP contribution in [0.25, 0.3) is 0 Å². The average Bonchev–Trinajstić information content (AvgIpc) is 2.94. The van der Waals surface area contributed by atoms with E-state index in [1.54, 1.807) is 12.1 Å². The highest BCUT2D eigenvalue weighted by Crippen LogP contribution is 2.27. The predicted molar refractivity (Wildman–Crippen MR) is 162 cm³/mol. The van der Waals surface area contributed by atoms with Gasteiger partial charge in [-0.2, -0.15) is 8.42 Å². The molecule has 2 aromatic carbocycles. The van der Waals surface area contributed by atoms with Gasteiger partial charge in [-0.25, -0.2) is 0 Å². The Hall–Kier alpha value is -1.65. The zero-order valence-electron chi connectivity index (χ0n) is 24.5. The highest BCUT2D eigenvalue weighted by Gasteiger charge is 2.20. The number of unbranched alkanes of at least 4 members (excludes halogenated alkanes) is 12. The fourth-order valence-corrected chi connectivity index (χ4v) is 6.15. The lowest BCUT2D eigenvalue weighted by atomic mass is 9.93. The van der Waals surface area contributed by atoms with Gasteiger partial charge in [0, 0.05) is 5.92 Å². The number of rotatable bonds is 22. The second kappa shape index (κ2) is 19.4. The van der Waals surface area contributed by atoms with E-state index in [9.17, 15) is 8.42 Å². The summed E-state index contributed by atoms with van der Waals surface area (Å²) in [4.78, 5) is 0.257. The van der Waals surface area contributed by atoms with Crippen LogP contribution in [0.4, 0.5) is 0 Å². The quantitative estimate of drug-likeness (QED) is 0.110. The Morgan fingerprint density at radius 1 is 0.605 bits per heavy atom. The van der Waals surface area contributed by atoms with Crippen LogP contribution in [-0.2, 0) is 14.3 Å². The molecule has 0 aliphatic rings. The van der Waals surface area contributed by atoms with Gasteiger partial charge >= 0.3 is 0 Å². The van der Waals surface area contributed by atoms with Gasteiger partial charge in [0.1, 0.15) is 0 Å². The summed E-state index contributed by atoms with van der Waals surface area (Å²) in [6.07, 6.45) is 20.0. The first-order chi connectivity index (χ1) is 18.5. The first kappa shape index (κ1) is 32.6. The molecule has 2 rings (SSSR count). The van der Waals surface area contributed by atoms with E-state index in [-0.39, 0.29) is 17.4 Å². The third-order valence-corrected chi connectivity index (χ3v) is 9.13. The summed E-state index contributed by atoms with van der Waals surface area (Å²) in [6.45, 7) is 6.93. The number of hydrogen-bond donors (Lipinski definition) is 0. The van der Waals surface area contributed by atoms with Crippen LogP contribution < -0.4 is 0 Å². The molecule has 0 N–H and O–H groups in total. The molecule has 4 heteroatoms.